The highest BCUT2D eigenvalue weighted by molar-refractivity contribution is 5.91. The molecule has 5 heteroatoms. The summed E-state index contributed by atoms with van der Waals surface area (Å²) in [6, 6.07) is 0. The maximum Gasteiger partial charge on any atom is 0.273 e. The van der Waals surface area contributed by atoms with Crippen LogP contribution in [0.5, 0.6) is 0 Å². The van der Waals surface area contributed by atoms with E-state index in [1.807, 2.05) is 0 Å². The summed E-state index contributed by atoms with van der Waals surface area (Å²) in [5, 5.41) is 8.47. The smallest absolute Gasteiger partial charge is 0.273 e. The van der Waals surface area contributed by atoms with Crippen LogP contribution in [0.4, 0.5) is 0 Å². The van der Waals surface area contributed by atoms with E-state index in [1.54, 1.807) is 5.32 Å². The summed E-state index contributed by atoms with van der Waals surface area (Å²) in [7, 11) is 0. The van der Waals surface area contributed by atoms with Crippen LogP contribution in [0.1, 0.15) is 14.6 Å². The molecule has 0 aliphatic heterocycles. The molecule has 0 aliphatic rings. The predicted molar refractivity (Wildman–Crippen MR) is 33.2 cm³/mol. The first-order valence-electron chi connectivity index (χ1n) is 3.94. The molecule has 0 atom stereocenters. The molecule has 0 aromatic carbocycles. The van der Waals surface area contributed by atoms with Gasteiger partial charge in [0.05, 0.1) is 6.20 Å². The Balaban J connectivity index is 2.71. The third kappa shape index (κ3) is 1.25. The number of nitrogens with zero attached hydrogens (tertiary/aromatic N) is 3. The maximum absolute atomic E-state index is 11.0. The molecule has 0 bridgehead atoms. The molecule has 0 saturated heterocycles. The molecule has 1 aromatic rings. The molecule has 0 aliphatic carbocycles. The molecule has 10 heavy (non-hydrogen) atoms. The summed E-state index contributed by atoms with van der Waals surface area (Å²) in [4.78, 5) is 14.6. The van der Waals surface area contributed by atoms with Gasteiger partial charge in [-0.05, 0) is 0 Å². The number of carbonyl (C=O) groups is 1. The van der Waals surface area contributed by atoms with Gasteiger partial charge in [0.2, 0.25) is 0 Å². The highest BCUT2D eigenvalue weighted by Crippen LogP contribution is 1.84. The van der Waals surface area contributed by atoms with Crippen molar-refractivity contribution in [1.82, 2.24) is 20.5 Å². The minimum Gasteiger partial charge on any atom is -0.354 e. The van der Waals surface area contributed by atoms with Gasteiger partial charge in [0.1, 0.15) is 6.33 Å². The molecule has 0 spiro atoms. The Kier molecular flexibility index (Phi) is 1.03. The average Bonchev–Trinajstić information content (AvgIpc) is 2.03. The third-order valence-corrected chi connectivity index (χ3v) is 0.827. The quantitative estimate of drug-likeness (QED) is 0.557. The molecule has 5 nitrogen and oxygen atoms in total. The van der Waals surface area contributed by atoms with E-state index < -0.39 is 12.9 Å². The molecule has 1 aromatic heterocycles. The second-order valence-corrected chi connectivity index (χ2v) is 1.45. The van der Waals surface area contributed by atoms with Crippen molar-refractivity contribution in [2.24, 2.45) is 0 Å². The minimum atomic E-state index is -2.52. The monoisotopic (exact) mass is 141 g/mol. The predicted octanol–water partition coefficient (Wildman–Crippen LogP) is -0.769. The van der Waals surface area contributed by atoms with E-state index in [9.17, 15) is 4.79 Å². The molecule has 52 valence electrons. The number of carbonyl (C=O) groups excluding carboxylic acids is 1. The van der Waals surface area contributed by atoms with Gasteiger partial charge in [0.15, 0.2) is 5.69 Å². The highest BCUT2D eigenvalue weighted by Gasteiger charge is 2.02. The maximum atomic E-state index is 11.0. The molecular formula is C5H6N4O. The first-order valence-corrected chi connectivity index (χ1v) is 2.44. The fourth-order valence-corrected chi connectivity index (χ4v) is 0.416. The Morgan fingerprint density at radius 3 is 3.40 bits per heavy atom. The molecule has 1 amide bonds. The van der Waals surface area contributed by atoms with Gasteiger partial charge in [-0.15, -0.1) is 10.2 Å². The van der Waals surface area contributed by atoms with E-state index in [4.69, 9.17) is 4.11 Å². The van der Waals surface area contributed by atoms with E-state index >= 15 is 0 Å². The van der Waals surface area contributed by atoms with E-state index in [1.165, 1.54) is 0 Å². The molecule has 0 unspecified atom stereocenters. The summed E-state index contributed by atoms with van der Waals surface area (Å²) >= 11 is 0. The number of amides is 1. The zero-order valence-corrected chi connectivity index (χ0v) is 4.90. The van der Waals surface area contributed by atoms with Gasteiger partial charge in [-0.3, -0.25) is 4.79 Å². The summed E-state index contributed by atoms with van der Waals surface area (Å²) < 4.78 is 20.2. The van der Waals surface area contributed by atoms with Crippen molar-refractivity contribution in [3.63, 3.8) is 0 Å². The van der Waals surface area contributed by atoms with Crippen molar-refractivity contribution in [1.29, 1.82) is 0 Å². The fourth-order valence-electron chi connectivity index (χ4n) is 0.416. The Morgan fingerprint density at radius 2 is 2.80 bits per heavy atom. The number of hydrogen-bond acceptors (Lipinski definition) is 4. The molecular weight excluding hydrogens is 132 g/mol. The van der Waals surface area contributed by atoms with Crippen molar-refractivity contribution < 1.29 is 8.91 Å². The molecule has 1 N–H and O–H groups in total. The number of hydrogen-bond donors (Lipinski definition) is 1. The number of rotatable bonds is 1. The van der Waals surface area contributed by atoms with Crippen molar-refractivity contribution in [3.05, 3.63) is 18.2 Å². The Hall–Kier alpha value is -1.52. The van der Waals surface area contributed by atoms with Gasteiger partial charge in [0.25, 0.3) is 5.91 Å². The van der Waals surface area contributed by atoms with Gasteiger partial charge < -0.3 is 5.32 Å². The number of nitrogens with one attached hydrogen (secondary N) is 1. The average molecular weight is 141 g/mol. The van der Waals surface area contributed by atoms with Gasteiger partial charge in [-0.2, -0.15) is 0 Å². The topological polar surface area (TPSA) is 67.8 Å². The van der Waals surface area contributed by atoms with Crippen molar-refractivity contribution >= 4 is 5.91 Å². The molecule has 1 heterocycles. The van der Waals surface area contributed by atoms with Gasteiger partial charge in [0, 0.05) is 11.1 Å². The van der Waals surface area contributed by atoms with E-state index in [0.29, 0.717) is 0 Å². The van der Waals surface area contributed by atoms with Crippen LogP contribution in [0.25, 0.3) is 0 Å². The van der Waals surface area contributed by atoms with Crippen molar-refractivity contribution in [2.45, 2.75) is 0 Å². The fraction of sp³-hybridized carbons (Fsp3) is 0.200. The Morgan fingerprint density at radius 1 is 1.90 bits per heavy atom. The van der Waals surface area contributed by atoms with Crippen LogP contribution >= 0.6 is 0 Å². The summed E-state index contributed by atoms with van der Waals surface area (Å²) in [6.07, 6.45) is 2.28. The van der Waals surface area contributed by atoms with Crippen molar-refractivity contribution in [3.8, 4) is 0 Å². The first-order chi connectivity index (χ1) is 5.99. The third-order valence-electron chi connectivity index (χ3n) is 0.827. The summed E-state index contributed by atoms with van der Waals surface area (Å²) in [5.41, 5.74) is -0.126. The van der Waals surface area contributed by atoms with Crippen LogP contribution in [-0.2, 0) is 0 Å². The second-order valence-electron chi connectivity index (χ2n) is 1.45. The molecule has 0 fully saturated rings. The van der Waals surface area contributed by atoms with Crippen LogP contribution < -0.4 is 5.32 Å². The van der Waals surface area contributed by atoms with Gasteiger partial charge >= 0.3 is 0 Å². The van der Waals surface area contributed by atoms with Crippen molar-refractivity contribution in [2.75, 3.05) is 6.98 Å². The second kappa shape index (κ2) is 2.86. The van der Waals surface area contributed by atoms with Gasteiger partial charge in [-0.1, -0.05) is 0 Å². The standard InChI is InChI=1S/C5H6N4O/c1-6-5(10)4-2-7-3-8-9-4/h2-3H,1H3,(H,6,10)/i1D3. The van der Waals surface area contributed by atoms with E-state index in [2.05, 4.69) is 15.2 Å². The highest BCUT2D eigenvalue weighted by atomic mass is 16.1. The Labute approximate surface area is 61.7 Å². The zero-order valence-electron chi connectivity index (χ0n) is 7.90. The van der Waals surface area contributed by atoms with Crippen LogP contribution in [0, 0.1) is 0 Å². The Bertz CT molecular complexity index is 298. The molecule has 0 radical (unpaired) electrons. The summed E-state index contributed by atoms with van der Waals surface area (Å²) in [6.45, 7) is -2.52. The lowest BCUT2D eigenvalue weighted by molar-refractivity contribution is 0.0956. The molecule has 1 rings (SSSR count). The van der Waals surface area contributed by atoms with Crippen LogP contribution in [-0.4, -0.2) is 28.1 Å². The van der Waals surface area contributed by atoms with E-state index in [0.717, 1.165) is 12.5 Å². The first kappa shape index (κ1) is 3.60. The SMILES string of the molecule is [2H]C([2H])([2H])NC(=O)c1cncnn1. The van der Waals surface area contributed by atoms with E-state index in [-0.39, 0.29) is 5.69 Å². The van der Waals surface area contributed by atoms with Crippen LogP contribution in [0.15, 0.2) is 12.5 Å². The number of aromatic nitrogens is 3. The van der Waals surface area contributed by atoms with Crippen LogP contribution in [0.2, 0.25) is 0 Å². The lowest BCUT2D eigenvalue weighted by Crippen LogP contribution is -2.19. The van der Waals surface area contributed by atoms with Gasteiger partial charge in [-0.25, -0.2) is 4.98 Å². The molecule has 0 saturated carbocycles. The zero-order chi connectivity index (χ0) is 9.90. The lowest BCUT2D eigenvalue weighted by Gasteiger charge is -1.93. The minimum absolute atomic E-state index is 0.126. The lowest BCUT2D eigenvalue weighted by atomic mass is 10.4. The normalized spacial score (nSPS) is 14.6. The summed E-state index contributed by atoms with van der Waals surface area (Å²) in [5.74, 6) is -0.819. The van der Waals surface area contributed by atoms with Crippen LogP contribution in [0.3, 0.4) is 0 Å². The largest absolute Gasteiger partial charge is 0.354 e.